The molecule has 2 aromatic carbocycles. The van der Waals surface area contributed by atoms with Crippen molar-refractivity contribution in [1.82, 2.24) is 4.72 Å². The molecule has 7 heteroatoms. The SMILES string of the molecule is CCc1ccc2c(CC(=O)Nc3ccc(S(=O)(=O)NC)cc3)coc2c1. The van der Waals surface area contributed by atoms with Crippen LogP contribution in [0.5, 0.6) is 0 Å². The van der Waals surface area contributed by atoms with E-state index in [0.29, 0.717) is 5.69 Å². The van der Waals surface area contributed by atoms with E-state index >= 15 is 0 Å². The van der Waals surface area contributed by atoms with Crippen molar-refractivity contribution < 1.29 is 17.6 Å². The molecule has 6 nitrogen and oxygen atoms in total. The maximum absolute atomic E-state index is 12.3. The van der Waals surface area contributed by atoms with Crippen molar-refractivity contribution in [2.75, 3.05) is 12.4 Å². The topological polar surface area (TPSA) is 88.4 Å². The van der Waals surface area contributed by atoms with E-state index in [1.54, 1.807) is 18.4 Å². The second kappa shape index (κ2) is 7.31. The first-order chi connectivity index (χ1) is 12.4. The van der Waals surface area contributed by atoms with Crippen LogP contribution in [0, 0.1) is 0 Å². The molecule has 0 unspecified atom stereocenters. The molecule has 0 spiro atoms. The van der Waals surface area contributed by atoms with Crippen molar-refractivity contribution >= 4 is 32.6 Å². The lowest BCUT2D eigenvalue weighted by Gasteiger charge is -2.06. The van der Waals surface area contributed by atoms with Crippen LogP contribution in [0.25, 0.3) is 11.0 Å². The molecule has 0 aliphatic carbocycles. The number of carbonyl (C=O) groups excluding carboxylic acids is 1. The highest BCUT2D eigenvalue weighted by atomic mass is 32.2. The number of fused-ring (bicyclic) bond motifs is 1. The van der Waals surface area contributed by atoms with Gasteiger partial charge in [-0.05, 0) is 49.4 Å². The summed E-state index contributed by atoms with van der Waals surface area (Å²) in [5.41, 5.74) is 3.30. The average Bonchev–Trinajstić information content (AvgIpc) is 3.04. The summed E-state index contributed by atoms with van der Waals surface area (Å²) >= 11 is 0. The van der Waals surface area contributed by atoms with Gasteiger partial charge in [0, 0.05) is 16.6 Å². The van der Waals surface area contributed by atoms with E-state index in [1.165, 1.54) is 24.7 Å². The van der Waals surface area contributed by atoms with Crippen LogP contribution < -0.4 is 10.0 Å². The Balaban J connectivity index is 1.71. The molecule has 2 N–H and O–H groups in total. The van der Waals surface area contributed by atoms with Gasteiger partial charge in [-0.15, -0.1) is 0 Å². The van der Waals surface area contributed by atoms with E-state index in [2.05, 4.69) is 17.0 Å². The van der Waals surface area contributed by atoms with Crippen LogP contribution >= 0.6 is 0 Å². The maximum Gasteiger partial charge on any atom is 0.240 e. The molecule has 0 fully saturated rings. The van der Waals surface area contributed by atoms with Crippen molar-refractivity contribution in [1.29, 1.82) is 0 Å². The number of anilines is 1. The predicted octanol–water partition coefficient (Wildman–Crippen LogP) is 3.08. The summed E-state index contributed by atoms with van der Waals surface area (Å²) in [4.78, 5) is 12.4. The van der Waals surface area contributed by atoms with E-state index in [1.807, 2.05) is 18.2 Å². The normalized spacial score (nSPS) is 11.6. The van der Waals surface area contributed by atoms with E-state index < -0.39 is 10.0 Å². The summed E-state index contributed by atoms with van der Waals surface area (Å²) in [6.45, 7) is 2.07. The standard InChI is InChI=1S/C19H20N2O4S/c1-3-13-4-9-17-14(12-25-18(17)10-13)11-19(22)21-15-5-7-16(8-6-15)26(23,24)20-2/h4-10,12,20H,3,11H2,1-2H3,(H,21,22). The first-order valence-electron chi connectivity index (χ1n) is 8.25. The van der Waals surface area contributed by atoms with Gasteiger partial charge in [-0.2, -0.15) is 0 Å². The van der Waals surface area contributed by atoms with Crippen LogP contribution in [-0.2, 0) is 27.7 Å². The van der Waals surface area contributed by atoms with Crippen LogP contribution in [-0.4, -0.2) is 21.4 Å². The van der Waals surface area contributed by atoms with Crippen LogP contribution in [0.2, 0.25) is 0 Å². The second-order valence-electron chi connectivity index (χ2n) is 5.90. The Morgan fingerprint density at radius 2 is 1.85 bits per heavy atom. The van der Waals surface area contributed by atoms with Gasteiger partial charge in [0.25, 0.3) is 0 Å². The molecular weight excluding hydrogens is 352 g/mol. The number of furan rings is 1. The van der Waals surface area contributed by atoms with Crippen molar-refractivity contribution in [3.8, 4) is 0 Å². The van der Waals surface area contributed by atoms with Gasteiger partial charge in [-0.25, -0.2) is 13.1 Å². The minimum Gasteiger partial charge on any atom is -0.464 e. The minimum absolute atomic E-state index is 0.144. The van der Waals surface area contributed by atoms with Gasteiger partial charge in [-0.3, -0.25) is 4.79 Å². The summed E-state index contributed by atoms with van der Waals surface area (Å²) in [5.74, 6) is -0.198. The van der Waals surface area contributed by atoms with E-state index in [-0.39, 0.29) is 17.2 Å². The summed E-state index contributed by atoms with van der Waals surface area (Å²) in [6, 6.07) is 12.0. The third kappa shape index (κ3) is 3.79. The maximum atomic E-state index is 12.3. The molecule has 1 heterocycles. The largest absolute Gasteiger partial charge is 0.464 e. The van der Waals surface area contributed by atoms with Gasteiger partial charge >= 0.3 is 0 Å². The summed E-state index contributed by atoms with van der Waals surface area (Å²) in [6.07, 6.45) is 2.70. The first-order valence-corrected chi connectivity index (χ1v) is 9.73. The molecular formula is C19H20N2O4S. The predicted molar refractivity (Wildman–Crippen MR) is 101 cm³/mol. The Morgan fingerprint density at radius 1 is 1.12 bits per heavy atom. The molecule has 136 valence electrons. The number of amides is 1. The number of nitrogens with one attached hydrogen (secondary N) is 2. The fourth-order valence-electron chi connectivity index (χ4n) is 2.70. The number of aryl methyl sites for hydroxylation is 1. The molecule has 0 radical (unpaired) electrons. The van der Waals surface area contributed by atoms with Gasteiger partial charge in [0.15, 0.2) is 0 Å². The molecule has 0 atom stereocenters. The van der Waals surface area contributed by atoms with Crippen LogP contribution in [0.4, 0.5) is 5.69 Å². The quantitative estimate of drug-likeness (QED) is 0.696. The highest BCUT2D eigenvalue weighted by molar-refractivity contribution is 7.89. The molecule has 0 saturated heterocycles. The lowest BCUT2D eigenvalue weighted by atomic mass is 10.1. The van der Waals surface area contributed by atoms with Crippen LogP contribution in [0.3, 0.4) is 0 Å². The number of hydrogen-bond acceptors (Lipinski definition) is 4. The molecule has 0 saturated carbocycles. The van der Waals surface area contributed by atoms with Gasteiger partial charge in [0.05, 0.1) is 17.6 Å². The van der Waals surface area contributed by atoms with Crippen molar-refractivity contribution in [2.24, 2.45) is 0 Å². The zero-order valence-corrected chi connectivity index (χ0v) is 15.4. The van der Waals surface area contributed by atoms with Gasteiger partial charge in [-0.1, -0.05) is 19.1 Å². The number of hydrogen-bond donors (Lipinski definition) is 2. The molecule has 0 aliphatic rings. The molecule has 26 heavy (non-hydrogen) atoms. The van der Waals surface area contributed by atoms with E-state index in [4.69, 9.17) is 4.42 Å². The number of rotatable bonds is 6. The second-order valence-corrected chi connectivity index (χ2v) is 7.79. The van der Waals surface area contributed by atoms with Crippen molar-refractivity contribution in [3.05, 3.63) is 59.9 Å². The Kier molecular flexibility index (Phi) is 5.11. The third-order valence-corrected chi connectivity index (χ3v) is 5.63. The molecule has 0 bridgehead atoms. The van der Waals surface area contributed by atoms with Gasteiger partial charge in [0.1, 0.15) is 5.58 Å². The Labute approximate surface area is 152 Å². The third-order valence-electron chi connectivity index (χ3n) is 4.20. The highest BCUT2D eigenvalue weighted by Crippen LogP contribution is 2.23. The Hall–Kier alpha value is -2.64. The fraction of sp³-hybridized carbons (Fsp3) is 0.211. The Bertz CT molecular complexity index is 1040. The van der Waals surface area contributed by atoms with E-state index in [9.17, 15) is 13.2 Å². The minimum atomic E-state index is -3.49. The lowest BCUT2D eigenvalue weighted by Crippen LogP contribution is -2.18. The number of sulfonamides is 1. The summed E-state index contributed by atoms with van der Waals surface area (Å²) in [5, 5.41) is 3.69. The zero-order chi connectivity index (χ0) is 18.7. The monoisotopic (exact) mass is 372 g/mol. The van der Waals surface area contributed by atoms with Crippen LogP contribution in [0.15, 0.2) is 58.0 Å². The van der Waals surface area contributed by atoms with Crippen molar-refractivity contribution in [2.45, 2.75) is 24.7 Å². The average molecular weight is 372 g/mol. The molecule has 0 aliphatic heterocycles. The Morgan fingerprint density at radius 3 is 2.50 bits per heavy atom. The zero-order valence-electron chi connectivity index (χ0n) is 14.6. The van der Waals surface area contributed by atoms with Crippen LogP contribution in [0.1, 0.15) is 18.1 Å². The van der Waals surface area contributed by atoms with E-state index in [0.717, 1.165) is 23.0 Å². The first kappa shape index (κ1) is 18.2. The molecule has 3 rings (SSSR count). The smallest absolute Gasteiger partial charge is 0.240 e. The summed E-state index contributed by atoms with van der Waals surface area (Å²) in [7, 11) is -2.14. The number of carbonyl (C=O) groups is 1. The molecule has 3 aromatic rings. The number of benzene rings is 2. The lowest BCUT2D eigenvalue weighted by molar-refractivity contribution is -0.115. The molecule has 1 aromatic heterocycles. The van der Waals surface area contributed by atoms with Gasteiger partial charge in [0.2, 0.25) is 15.9 Å². The van der Waals surface area contributed by atoms with Gasteiger partial charge < -0.3 is 9.73 Å². The molecule has 1 amide bonds. The summed E-state index contributed by atoms with van der Waals surface area (Å²) < 4.78 is 31.2. The van der Waals surface area contributed by atoms with Crippen molar-refractivity contribution in [3.63, 3.8) is 0 Å². The fourth-order valence-corrected chi connectivity index (χ4v) is 3.43. The highest BCUT2D eigenvalue weighted by Gasteiger charge is 2.13.